The van der Waals surface area contributed by atoms with Gasteiger partial charge in [-0.15, -0.1) is 5.10 Å². The number of aromatic carboxylic acids is 1. The second-order valence-corrected chi connectivity index (χ2v) is 5.33. The van der Waals surface area contributed by atoms with Crippen LogP contribution >= 0.6 is 0 Å². The van der Waals surface area contributed by atoms with Gasteiger partial charge in [-0.2, -0.15) is 0 Å². The molecule has 0 radical (unpaired) electrons. The highest BCUT2D eigenvalue weighted by molar-refractivity contribution is 5.89. The van der Waals surface area contributed by atoms with Crippen molar-refractivity contribution in [1.82, 2.24) is 14.8 Å². The molecule has 0 fully saturated rings. The second kappa shape index (κ2) is 7.39. The molecule has 0 aliphatic rings. The minimum Gasteiger partial charge on any atom is -0.478 e. The Morgan fingerprint density at radius 1 is 1.20 bits per heavy atom. The number of carboxylic acids is 1. The molecule has 0 aliphatic carbocycles. The molecule has 1 heterocycles. The zero-order valence-electron chi connectivity index (χ0n) is 13.3. The summed E-state index contributed by atoms with van der Waals surface area (Å²) in [6.07, 6.45) is 2.92. The van der Waals surface area contributed by atoms with Crippen molar-refractivity contribution < 1.29 is 14.7 Å². The minimum atomic E-state index is -0.987. The van der Waals surface area contributed by atoms with Gasteiger partial charge in [0.25, 0.3) is 0 Å². The van der Waals surface area contributed by atoms with Crippen molar-refractivity contribution in [3.63, 3.8) is 0 Å². The van der Waals surface area contributed by atoms with E-state index in [2.05, 4.69) is 15.4 Å². The van der Waals surface area contributed by atoms with Gasteiger partial charge in [0.2, 0.25) is 0 Å². The molecule has 0 bridgehead atoms. The molecule has 0 unspecified atom stereocenters. The molecule has 7 heteroatoms. The molecule has 0 saturated heterocycles. The summed E-state index contributed by atoms with van der Waals surface area (Å²) >= 11 is 0. The molecule has 1 aromatic heterocycles. The first-order valence-electron chi connectivity index (χ1n) is 7.71. The lowest BCUT2D eigenvalue weighted by atomic mass is 10.1. The highest BCUT2D eigenvalue weighted by atomic mass is 16.4. The number of aromatic nitrogens is 3. The van der Waals surface area contributed by atoms with Crippen LogP contribution in [0.25, 0.3) is 17.1 Å². The van der Waals surface area contributed by atoms with Crippen LogP contribution in [0.3, 0.4) is 0 Å². The van der Waals surface area contributed by atoms with E-state index in [9.17, 15) is 9.59 Å². The van der Waals surface area contributed by atoms with Crippen LogP contribution in [0.15, 0.2) is 54.9 Å². The van der Waals surface area contributed by atoms with Gasteiger partial charge in [-0.05, 0) is 36.4 Å². The van der Waals surface area contributed by atoms with Gasteiger partial charge < -0.3 is 15.2 Å². The smallest absolute Gasteiger partial charge is 0.335 e. The number of aldehydes is 1. The number of carbonyl (C=O) groups is 2. The van der Waals surface area contributed by atoms with Gasteiger partial charge in [0, 0.05) is 24.2 Å². The zero-order valence-corrected chi connectivity index (χ0v) is 13.3. The van der Waals surface area contributed by atoms with Crippen molar-refractivity contribution in [3.8, 4) is 17.1 Å². The quantitative estimate of drug-likeness (QED) is 0.508. The molecule has 0 amide bonds. The predicted molar refractivity (Wildman–Crippen MR) is 92.9 cm³/mol. The lowest BCUT2D eigenvalue weighted by Gasteiger charge is -2.05. The first-order chi connectivity index (χ1) is 12.2. The average molecular weight is 336 g/mol. The Morgan fingerprint density at radius 2 is 2.00 bits per heavy atom. The number of hydrogen-bond acceptors (Lipinski definition) is 5. The third-order valence-electron chi connectivity index (χ3n) is 3.58. The fraction of sp³-hybridized carbons (Fsp3) is 0.111. The van der Waals surface area contributed by atoms with E-state index < -0.39 is 5.97 Å². The monoisotopic (exact) mass is 336 g/mol. The van der Waals surface area contributed by atoms with E-state index in [-0.39, 0.29) is 5.56 Å². The van der Waals surface area contributed by atoms with Crippen molar-refractivity contribution in [2.45, 2.75) is 6.42 Å². The van der Waals surface area contributed by atoms with Crippen LogP contribution in [-0.2, 0) is 4.79 Å². The number of benzene rings is 2. The van der Waals surface area contributed by atoms with E-state index in [0.717, 1.165) is 17.7 Å². The number of rotatable bonds is 7. The molecule has 3 aromatic rings. The molecule has 25 heavy (non-hydrogen) atoms. The normalized spacial score (nSPS) is 10.4. The van der Waals surface area contributed by atoms with Crippen LogP contribution in [0.1, 0.15) is 16.8 Å². The third kappa shape index (κ3) is 3.89. The Morgan fingerprint density at radius 3 is 2.72 bits per heavy atom. The maximum atomic E-state index is 11.1. The van der Waals surface area contributed by atoms with Gasteiger partial charge in [0.1, 0.15) is 12.6 Å². The van der Waals surface area contributed by atoms with E-state index in [1.807, 2.05) is 24.3 Å². The minimum absolute atomic E-state index is 0.194. The Bertz CT molecular complexity index is 887. The largest absolute Gasteiger partial charge is 0.478 e. The molecular weight excluding hydrogens is 320 g/mol. The summed E-state index contributed by atoms with van der Waals surface area (Å²) < 4.78 is 1.62. The summed E-state index contributed by atoms with van der Waals surface area (Å²) in [4.78, 5) is 25.6. The highest BCUT2D eigenvalue weighted by Gasteiger charge is 2.09. The van der Waals surface area contributed by atoms with Crippen LogP contribution in [0.4, 0.5) is 5.69 Å². The lowest BCUT2D eigenvalue weighted by molar-refractivity contribution is -0.107. The SMILES string of the molecule is O=CCCNc1ccc(-n2cnc(-c3cccc(C(=O)O)c3)n2)cc1. The first-order valence-corrected chi connectivity index (χ1v) is 7.71. The molecule has 2 N–H and O–H groups in total. The molecular formula is C18H16N4O3. The average Bonchev–Trinajstić information content (AvgIpc) is 3.13. The molecule has 0 saturated carbocycles. The van der Waals surface area contributed by atoms with Crippen molar-refractivity contribution in [3.05, 3.63) is 60.4 Å². The van der Waals surface area contributed by atoms with Gasteiger partial charge >= 0.3 is 5.97 Å². The predicted octanol–water partition coefficient (Wildman–Crippen LogP) is 2.63. The molecule has 0 atom stereocenters. The highest BCUT2D eigenvalue weighted by Crippen LogP contribution is 2.18. The molecule has 0 aliphatic heterocycles. The summed E-state index contributed by atoms with van der Waals surface area (Å²) in [5, 5.41) is 16.6. The van der Waals surface area contributed by atoms with Crippen LogP contribution in [0, 0.1) is 0 Å². The van der Waals surface area contributed by atoms with E-state index in [1.54, 1.807) is 29.2 Å². The second-order valence-electron chi connectivity index (χ2n) is 5.33. The van der Waals surface area contributed by atoms with E-state index in [4.69, 9.17) is 5.11 Å². The van der Waals surface area contributed by atoms with Crippen molar-refractivity contribution >= 4 is 17.9 Å². The van der Waals surface area contributed by atoms with Gasteiger partial charge in [0.15, 0.2) is 5.82 Å². The summed E-state index contributed by atoms with van der Waals surface area (Å²) in [7, 11) is 0. The number of nitrogens with zero attached hydrogens (tertiary/aromatic N) is 3. The Balaban J connectivity index is 1.78. The number of nitrogens with one attached hydrogen (secondary N) is 1. The van der Waals surface area contributed by atoms with Crippen LogP contribution in [-0.4, -0.2) is 38.7 Å². The van der Waals surface area contributed by atoms with E-state index in [0.29, 0.717) is 24.4 Å². The van der Waals surface area contributed by atoms with Crippen LogP contribution in [0.5, 0.6) is 0 Å². The standard InChI is InChI=1S/C18H16N4O3/c23-10-2-9-19-15-5-7-16(8-6-15)22-12-20-17(21-22)13-3-1-4-14(11-13)18(24)25/h1,3-8,10-12,19H,2,9H2,(H,24,25). The maximum absolute atomic E-state index is 11.1. The molecule has 7 nitrogen and oxygen atoms in total. The molecule has 126 valence electrons. The molecule has 0 spiro atoms. The third-order valence-corrected chi connectivity index (χ3v) is 3.58. The van der Waals surface area contributed by atoms with Gasteiger partial charge in [-0.1, -0.05) is 12.1 Å². The number of carboxylic acid groups (broad SMARTS) is 1. The lowest BCUT2D eigenvalue weighted by Crippen LogP contribution is -2.02. The number of anilines is 1. The summed E-state index contributed by atoms with van der Waals surface area (Å²) in [6.45, 7) is 0.593. The Labute approximate surface area is 143 Å². The topological polar surface area (TPSA) is 97.1 Å². The van der Waals surface area contributed by atoms with Gasteiger partial charge in [-0.25, -0.2) is 14.5 Å². The van der Waals surface area contributed by atoms with Crippen molar-refractivity contribution in [2.24, 2.45) is 0 Å². The Hall–Kier alpha value is -3.48. The van der Waals surface area contributed by atoms with Crippen LogP contribution < -0.4 is 5.32 Å². The Kier molecular flexibility index (Phi) is 4.84. The zero-order chi connectivity index (χ0) is 17.6. The summed E-state index contributed by atoms with van der Waals surface area (Å²) in [5.74, 6) is -0.532. The molecule has 2 aromatic carbocycles. The maximum Gasteiger partial charge on any atom is 0.335 e. The molecule has 3 rings (SSSR count). The summed E-state index contributed by atoms with van der Waals surface area (Å²) in [6, 6.07) is 14.1. The summed E-state index contributed by atoms with van der Waals surface area (Å²) in [5.41, 5.74) is 2.58. The van der Waals surface area contributed by atoms with Gasteiger partial charge in [-0.3, -0.25) is 0 Å². The number of hydrogen-bond donors (Lipinski definition) is 2. The van der Waals surface area contributed by atoms with E-state index >= 15 is 0 Å². The van der Waals surface area contributed by atoms with Crippen molar-refractivity contribution in [2.75, 3.05) is 11.9 Å². The fourth-order valence-electron chi connectivity index (χ4n) is 2.32. The fourth-order valence-corrected chi connectivity index (χ4v) is 2.32. The number of carbonyl (C=O) groups excluding carboxylic acids is 1. The van der Waals surface area contributed by atoms with E-state index in [1.165, 1.54) is 6.07 Å². The van der Waals surface area contributed by atoms with Crippen LogP contribution in [0.2, 0.25) is 0 Å². The first kappa shape index (κ1) is 16.4. The van der Waals surface area contributed by atoms with Gasteiger partial charge in [0.05, 0.1) is 11.3 Å². The van der Waals surface area contributed by atoms with Crippen molar-refractivity contribution in [1.29, 1.82) is 0 Å².